The summed E-state index contributed by atoms with van der Waals surface area (Å²) in [5, 5.41) is 7.50. The Morgan fingerprint density at radius 1 is 1.12 bits per heavy atom. The molecule has 2 aromatic heterocycles. The van der Waals surface area contributed by atoms with Crippen LogP contribution in [0.3, 0.4) is 0 Å². The van der Waals surface area contributed by atoms with Crippen LogP contribution in [0.2, 0.25) is 0 Å². The second-order valence-electron chi connectivity index (χ2n) is 8.88. The maximum atomic E-state index is 13.6. The summed E-state index contributed by atoms with van der Waals surface area (Å²) in [5.74, 6) is 1.76. The van der Waals surface area contributed by atoms with Crippen molar-refractivity contribution in [3.05, 3.63) is 63.2 Å². The number of benzene rings is 1. The van der Waals surface area contributed by atoms with Gasteiger partial charge in [0.15, 0.2) is 11.5 Å². The number of piperidine rings is 1. The zero-order valence-corrected chi connectivity index (χ0v) is 18.1. The summed E-state index contributed by atoms with van der Waals surface area (Å²) in [6.07, 6.45) is 1.64. The number of pyridine rings is 1. The van der Waals surface area contributed by atoms with Gasteiger partial charge in [-0.3, -0.25) is 14.7 Å². The summed E-state index contributed by atoms with van der Waals surface area (Å²) in [7, 11) is 3.23. The van der Waals surface area contributed by atoms with Crippen molar-refractivity contribution in [2.75, 3.05) is 27.3 Å². The Morgan fingerprint density at radius 3 is 2.75 bits per heavy atom. The predicted molar refractivity (Wildman–Crippen MR) is 117 cm³/mol. The van der Waals surface area contributed by atoms with E-state index in [4.69, 9.17) is 9.47 Å². The van der Waals surface area contributed by atoms with Gasteiger partial charge in [-0.05, 0) is 36.1 Å². The molecule has 8 nitrogen and oxygen atoms in total. The van der Waals surface area contributed by atoms with Crippen LogP contribution in [0.5, 0.6) is 11.5 Å². The molecule has 164 valence electrons. The third-order valence-electron chi connectivity index (χ3n) is 7.08. The minimum absolute atomic E-state index is 0.0214. The maximum absolute atomic E-state index is 13.6. The summed E-state index contributed by atoms with van der Waals surface area (Å²) < 4.78 is 12.8. The van der Waals surface area contributed by atoms with E-state index in [9.17, 15) is 9.59 Å². The summed E-state index contributed by atoms with van der Waals surface area (Å²) >= 11 is 0. The molecule has 2 atom stereocenters. The lowest BCUT2D eigenvalue weighted by Gasteiger charge is -2.42. The van der Waals surface area contributed by atoms with Gasteiger partial charge in [0.05, 0.1) is 19.9 Å². The van der Waals surface area contributed by atoms with E-state index in [1.54, 1.807) is 20.3 Å². The average molecular weight is 432 g/mol. The number of hydrogen-bond donors (Lipinski definition) is 1. The van der Waals surface area contributed by atoms with E-state index < -0.39 is 0 Å². The van der Waals surface area contributed by atoms with Crippen LogP contribution >= 0.6 is 0 Å². The van der Waals surface area contributed by atoms with Gasteiger partial charge in [-0.15, -0.1) is 0 Å². The van der Waals surface area contributed by atoms with Crippen LogP contribution in [0.4, 0.5) is 0 Å². The van der Waals surface area contributed by atoms with Gasteiger partial charge in [0.1, 0.15) is 5.69 Å². The van der Waals surface area contributed by atoms with Gasteiger partial charge in [-0.1, -0.05) is 6.07 Å². The van der Waals surface area contributed by atoms with Crippen LogP contribution in [-0.4, -0.2) is 52.9 Å². The van der Waals surface area contributed by atoms with E-state index in [0.29, 0.717) is 43.2 Å². The second-order valence-corrected chi connectivity index (χ2v) is 8.88. The first-order valence-electron chi connectivity index (χ1n) is 10.9. The molecule has 1 fully saturated rings. The summed E-state index contributed by atoms with van der Waals surface area (Å²) in [6, 6.07) is 9.33. The number of rotatable bonds is 3. The highest BCUT2D eigenvalue weighted by atomic mass is 16.5. The number of ether oxygens (including phenoxy) is 2. The fourth-order valence-corrected chi connectivity index (χ4v) is 5.64. The number of aromatic nitrogens is 3. The third kappa shape index (κ3) is 2.71. The Balaban J connectivity index is 1.31. The molecule has 3 aliphatic rings. The molecule has 1 aromatic carbocycles. The summed E-state index contributed by atoms with van der Waals surface area (Å²) in [4.78, 5) is 27.8. The quantitative estimate of drug-likeness (QED) is 0.537. The Labute approximate surface area is 184 Å². The molecule has 0 radical (unpaired) electrons. The van der Waals surface area contributed by atoms with E-state index in [2.05, 4.69) is 10.2 Å². The van der Waals surface area contributed by atoms with Gasteiger partial charge in [0, 0.05) is 54.9 Å². The summed E-state index contributed by atoms with van der Waals surface area (Å²) in [5.41, 5.74) is 5.41. The molecule has 1 amide bonds. The predicted octanol–water partition coefficient (Wildman–Crippen LogP) is 2.42. The van der Waals surface area contributed by atoms with Crippen molar-refractivity contribution in [2.45, 2.75) is 25.3 Å². The van der Waals surface area contributed by atoms with Crippen LogP contribution in [-0.2, 0) is 13.0 Å². The zero-order chi connectivity index (χ0) is 22.0. The number of aromatic amines is 1. The van der Waals surface area contributed by atoms with E-state index >= 15 is 0 Å². The van der Waals surface area contributed by atoms with E-state index in [1.165, 1.54) is 0 Å². The molecule has 2 aliphatic heterocycles. The highest BCUT2D eigenvalue weighted by molar-refractivity contribution is 5.97. The first-order valence-corrected chi connectivity index (χ1v) is 10.9. The van der Waals surface area contributed by atoms with Gasteiger partial charge in [0.2, 0.25) is 0 Å². The van der Waals surface area contributed by atoms with E-state index in [1.807, 2.05) is 33.7 Å². The molecule has 0 spiro atoms. The van der Waals surface area contributed by atoms with Gasteiger partial charge in [-0.2, -0.15) is 5.10 Å². The molecule has 1 aliphatic carbocycles. The lowest BCUT2D eigenvalue weighted by atomic mass is 9.83. The molecule has 32 heavy (non-hydrogen) atoms. The molecule has 0 unspecified atom stereocenters. The number of methoxy groups -OCH3 is 2. The standard InChI is InChI=1S/C24H24N4O4/c1-31-19-8-14-7-17-22(16(14)9-20(19)32-2)25-26-23(17)24(30)27-10-13-6-15(12-27)18-4-3-5-21(29)28(18)11-13/h3-5,8-9,13,15H,6-7,10-12H2,1-2H3,(H,25,26)/t13-,15+/m1/s1. The zero-order valence-electron chi connectivity index (χ0n) is 18.1. The minimum Gasteiger partial charge on any atom is -0.493 e. The van der Waals surface area contributed by atoms with Crippen molar-refractivity contribution >= 4 is 5.91 Å². The minimum atomic E-state index is -0.0214. The number of likely N-dealkylation sites (tertiary alicyclic amines) is 1. The van der Waals surface area contributed by atoms with E-state index in [-0.39, 0.29) is 23.3 Å². The molecule has 2 bridgehead atoms. The van der Waals surface area contributed by atoms with Crippen molar-refractivity contribution in [2.24, 2.45) is 5.92 Å². The topological polar surface area (TPSA) is 89.5 Å². The molecule has 1 saturated heterocycles. The monoisotopic (exact) mass is 432 g/mol. The summed E-state index contributed by atoms with van der Waals surface area (Å²) in [6.45, 7) is 1.93. The second kappa shape index (κ2) is 6.98. The first-order chi connectivity index (χ1) is 15.6. The van der Waals surface area contributed by atoms with Gasteiger partial charge in [0.25, 0.3) is 11.5 Å². The van der Waals surface area contributed by atoms with Crippen molar-refractivity contribution in [3.8, 4) is 22.8 Å². The fourth-order valence-electron chi connectivity index (χ4n) is 5.64. The van der Waals surface area contributed by atoms with Crippen molar-refractivity contribution in [3.63, 3.8) is 0 Å². The fraction of sp³-hybridized carbons (Fsp3) is 0.375. The van der Waals surface area contributed by atoms with Crippen LogP contribution in [0.15, 0.2) is 35.1 Å². The molecule has 8 heteroatoms. The molecular formula is C24H24N4O4. The first kappa shape index (κ1) is 19.2. The Kier molecular flexibility index (Phi) is 4.18. The largest absolute Gasteiger partial charge is 0.493 e. The lowest BCUT2D eigenvalue weighted by molar-refractivity contribution is 0.0588. The van der Waals surface area contributed by atoms with Crippen molar-refractivity contribution < 1.29 is 14.3 Å². The maximum Gasteiger partial charge on any atom is 0.272 e. The highest BCUT2D eigenvalue weighted by Gasteiger charge is 2.38. The number of carbonyl (C=O) groups excluding carboxylic acids is 1. The number of fused-ring (bicyclic) bond motifs is 7. The number of carbonyl (C=O) groups is 1. The molecule has 0 saturated carbocycles. The highest BCUT2D eigenvalue weighted by Crippen LogP contribution is 2.43. The number of hydrogen-bond acceptors (Lipinski definition) is 5. The van der Waals surface area contributed by atoms with E-state index in [0.717, 1.165) is 34.5 Å². The number of nitrogens with zero attached hydrogens (tertiary/aromatic N) is 3. The molecular weight excluding hydrogens is 408 g/mol. The van der Waals surface area contributed by atoms with Gasteiger partial charge >= 0.3 is 0 Å². The SMILES string of the molecule is COc1cc2c(cc1OC)-c1n[nH]c(C(=O)N3C[C@H]4C[C@@H](C3)c3cccc(=O)n3C4)c1C2. The normalized spacial score (nSPS) is 20.4. The van der Waals surface area contributed by atoms with Crippen molar-refractivity contribution in [1.29, 1.82) is 0 Å². The Hall–Kier alpha value is -3.55. The number of nitrogens with one attached hydrogen (secondary N) is 1. The van der Waals surface area contributed by atoms with Crippen LogP contribution in [0.1, 0.15) is 39.6 Å². The van der Waals surface area contributed by atoms with Crippen molar-refractivity contribution in [1.82, 2.24) is 19.7 Å². The number of amides is 1. The van der Waals surface area contributed by atoms with Crippen LogP contribution in [0.25, 0.3) is 11.3 Å². The Bertz CT molecular complexity index is 1310. The molecule has 4 heterocycles. The Morgan fingerprint density at radius 2 is 1.94 bits per heavy atom. The average Bonchev–Trinajstić information content (AvgIpc) is 3.37. The van der Waals surface area contributed by atoms with Gasteiger partial charge < -0.3 is 18.9 Å². The molecule has 1 N–H and O–H groups in total. The lowest BCUT2D eigenvalue weighted by Crippen LogP contribution is -2.49. The smallest absolute Gasteiger partial charge is 0.272 e. The molecule has 3 aromatic rings. The van der Waals surface area contributed by atoms with Crippen LogP contribution < -0.4 is 15.0 Å². The van der Waals surface area contributed by atoms with Crippen LogP contribution in [0, 0.1) is 5.92 Å². The molecule has 6 rings (SSSR count). The van der Waals surface area contributed by atoms with Gasteiger partial charge in [-0.25, -0.2) is 0 Å². The number of H-pyrrole nitrogens is 1. The third-order valence-corrected chi connectivity index (χ3v) is 7.08.